The van der Waals surface area contributed by atoms with E-state index in [0.717, 1.165) is 18.4 Å². The molecular weight excluding hydrogens is 228 g/mol. The van der Waals surface area contributed by atoms with Crippen LogP contribution in [-0.4, -0.2) is 23.8 Å². The second-order valence-electron chi connectivity index (χ2n) is 6.82. The van der Waals surface area contributed by atoms with Crippen molar-refractivity contribution in [3.05, 3.63) is 11.1 Å². The highest BCUT2D eigenvalue weighted by Gasteiger charge is 2.73. The van der Waals surface area contributed by atoms with Crippen molar-refractivity contribution in [2.75, 3.05) is 0 Å². The third-order valence-electron chi connectivity index (χ3n) is 6.20. The summed E-state index contributed by atoms with van der Waals surface area (Å²) in [6, 6.07) is 0. The van der Waals surface area contributed by atoms with Crippen LogP contribution >= 0.6 is 0 Å². The van der Waals surface area contributed by atoms with Crippen LogP contribution in [0.15, 0.2) is 11.1 Å². The first kappa shape index (κ1) is 11.0. The van der Waals surface area contributed by atoms with Crippen LogP contribution in [0.4, 0.5) is 0 Å². The SMILES string of the molecule is CC1=C2C[C@]3(C)[C@@H](C)CC[C@H]4O[C@]43C[C@H]2OC1=O. The molecule has 5 atom stereocenters. The third-order valence-corrected chi connectivity index (χ3v) is 6.20. The van der Waals surface area contributed by atoms with Crippen molar-refractivity contribution in [3.8, 4) is 0 Å². The molecule has 0 bridgehead atoms. The molecule has 3 heteroatoms. The van der Waals surface area contributed by atoms with Gasteiger partial charge in [-0.25, -0.2) is 4.79 Å². The van der Waals surface area contributed by atoms with E-state index in [1.54, 1.807) is 0 Å². The summed E-state index contributed by atoms with van der Waals surface area (Å²) in [6.45, 7) is 6.61. The summed E-state index contributed by atoms with van der Waals surface area (Å²) in [5.41, 5.74) is 2.29. The fraction of sp³-hybridized carbons (Fsp3) is 0.800. The van der Waals surface area contributed by atoms with Crippen LogP contribution in [0.3, 0.4) is 0 Å². The number of carbonyl (C=O) groups is 1. The van der Waals surface area contributed by atoms with Gasteiger partial charge in [0.05, 0.1) is 6.10 Å². The van der Waals surface area contributed by atoms with Gasteiger partial charge >= 0.3 is 5.97 Å². The van der Waals surface area contributed by atoms with Gasteiger partial charge in [0, 0.05) is 17.4 Å². The normalized spacial score (nSPS) is 53.5. The van der Waals surface area contributed by atoms with Gasteiger partial charge in [0.25, 0.3) is 0 Å². The van der Waals surface area contributed by atoms with E-state index < -0.39 is 0 Å². The molecule has 4 rings (SSSR count). The van der Waals surface area contributed by atoms with Crippen LogP contribution < -0.4 is 0 Å². The Hall–Kier alpha value is -0.830. The van der Waals surface area contributed by atoms with E-state index in [2.05, 4.69) is 13.8 Å². The Morgan fingerprint density at radius 3 is 2.89 bits per heavy atom. The molecule has 4 aliphatic rings. The van der Waals surface area contributed by atoms with Crippen molar-refractivity contribution < 1.29 is 14.3 Å². The maximum Gasteiger partial charge on any atom is 0.334 e. The molecule has 2 aliphatic heterocycles. The largest absolute Gasteiger partial charge is 0.454 e. The lowest BCUT2D eigenvalue weighted by atomic mass is 9.54. The van der Waals surface area contributed by atoms with Crippen LogP contribution in [0.5, 0.6) is 0 Å². The van der Waals surface area contributed by atoms with Gasteiger partial charge in [-0.05, 0) is 37.7 Å². The molecule has 0 unspecified atom stereocenters. The van der Waals surface area contributed by atoms with Gasteiger partial charge in [0.15, 0.2) is 0 Å². The molecule has 1 spiro atoms. The van der Waals surface area contributed by atoms with E-state index >= 15 is 0 Å². The lowest BCUT2D eigenvalue weighted by Crippen LogP contribution is -2.51. The molecule has 0 aromatic carbocycles. The minimum Gasteiger partial charge on any atom is -0.454 e. The molecule has 2 heterocycles. The van der Waals surface area contributed by atoms with Crippen LogP contribution in [0.2, 0.25) is 0 Å². The van der Waals surface area contributed by atoms with Crippen molar-refractivity contribution in [3.63, 3.8) is 0 Å². The molecule has 1 saturated heterocycles. The monoisotopic (exact) mass is 248 g/mol. The molecule has 3 nitrogen and oxygen atoms in total. The third kappa shape index (κ3) is 1.04. The Bertz CT molecular complexity index is 480. The van der Waals surface area contributed by atoms with E-state index in [0.29, 0.717) is 12.0 Å². The topological polar surface area (TPSA) is 38.8 Å². The first-order chi connectivity index (χ1) is 8.48. The molecule has 0 aromatic heterocycles. The van der Waals surface area contributed by atoms with E-state index in [-0.39, 0.29) is 23.1 Å². The average molecular weight is 248 g/mol. The molecule has 0 aromatic rings. The highest BCUT2D eigenvalue weighted by Crippen LogP contribution is 2.68. The smallest absolute Gasteiger partial charge is 0.334 e. The van der Waals surface area contributed by atoms with E-state index in [1.165, 1.54) is 18.4 Å². The number of epoxide rings is 1. The predicted molar refractivity (Wildman–Crippen MR) is 65.9 cm³/mol. The van der Waals surface area contributed by atoms with Gasteiger partial charge in [-0.2, -0.15) is 0 Å². The number of ether oxygens (including phenoxy) is 2. The number of hydrogen-bond acceptors (Lipinski definition) is 3. The number of fused-ring (bicyclic) bond motifs is 1. The fourth-order valence-corrected chi connectivity index (χ4v) is 4.63. The fourth-order valence-electron chi connectivity index (χ4n) is 4.63. The Morgan fingerprint density at radius 2 is 2.11 bits per heavy atom. The average Bonchev–Trinajstić information content (AvgIpc) is 2.98. The van der Waals surface area contributed by atoms with Crippen molar-refractivity contribution >= 4 is 5.97 Å². The van der Waals surface area contributed by atoms with Crippen molar-refractivity contribution in [1.29, 1.82) is 0 Å². The van der Waals surface area contributed by atoms with Gasteiger partial charge in [0.1, 0.15) is 11.7 Å². The molecule has 0 N–H and O–H groups in total. The van der Waals surface area contributed by atoms with Gasteiger partial charge in [-0.3, -0.25) is 0 Å². The number of hydrogen-bond donors (Lipinski definition) is 0. The van der Waals surface area contributed by atoms with Crippen LogP contribution in [0.25, 0.3) is 0 Å². The lowest BCUT2D eigenvalue weighted by Gasteiger charge is -2.49. The Morgan fingerprint density at radius 1 is 1.33 bits per heavy atom. The summed E-state index contributed by atoms with van der Waals surface area (Å²) >= 11 is 0. The quantitative estimate of drug-likeness (QED) is 0.488. The molecule has 2 saturated carbocycles. The maximum atomic E-state index is 11.7. The van der Waals surface area contributed by atoms with Gasteiger partial charge in [0.2, 0.25) is 0 Å². The summed E-state index contributed by atoms with van der Waals surface area (Å²) in [5, 5.41) is 0. The van der Waals surface area contributed by atoms with Crippen molar-refractivity contribution in [2.45, 2.75) is 64.3 Å². The second-order valence-corrected chi connectivity index (χ2v) is 6.82. The van der Waals surface area contributed by atoms with Crippen molar-refractivity contribution in [1.82, 2.24) is 0 Å². The standard InChI is InChI=1S/C15H20O3/c1-8-4-5-12-15(18-12)7-11-10(6-14(8,15)3)9(2)13(16)17-11/h8,11-12H,4-7H2,1-3H3/t8-,11+,12+,14+,15+/m0/s1. The van der Waals surface area contributed by atoms with Gasteiger partial charge in [-0.15, -0.1) is 0 Å². The Kier molecular flexibility index (Phi) is 1.84. The molecule has 0 amide bonds. The van der Waals surface area contributed by atoms with E-state index in [1.807, 2.05) is 6.92 Å². The minimum atomic E-state index is -0.112. The zero-order valence-corrected chi connectivity index (χ0v) is 11.3. The Labute approximate surface area is 108 Å². The highest BCUT2D eigenvalue weighted by atomic mass is 16.6. The van der Waals surface area contributed by atoms with Crippen molar-refractivity contribution in [2.24, 2.45) is 11.3 Å². The maximum absolute atomic E-state index is 11.7. The van der Waals surface area contributed by atoms with Crippen LogP contribution in [0.1, 0.15) is 46.5 Å². The lowest BCUT2D eigenvalue weighted by molar-refractivity contribution is -0.142. The summed E-state index contributed by atoms with van der Waals surface area (Å²) in [5.74, 6) is 0.548. The van der Waals surface area contributed by atoms with Crippen LogP contribution in [0, 0.1) is 11.3 Å². The molecule has 3 fully saturated rings. The summed E-state index contributed by atoms with van der Waals surface area (Å²) in [6.07, 6.45) is 4.70. The molecular formula is C15H20O3. The molecule has 0 radical (unpaired) electrons. The van der Waals surface area contributed by atoms with E-state index in [4.69, 9.17) is 9.47 Å². The van der Waals surface area contributed by atoms with Gasteiger partial charge < -0.3 is 9.47 Å². The summed E-state index contributed by atoms with van der Waals surface area (Å²) < 4.78 is 11.6. The van der Waals surface area contributed by atoms with Crippen LogP contribution in [-0.2, 0) is 14.3 Å². The molecule has 18 heavy (non-hydrogen) atoms. The number of rotatable bonds is 0. The van der Waals surface area contributed by atoms with Gasteiger partial charge in [-0.1, -0.05) is 13.8 Å². The summed E-state index contributed by atoms with van der Waals surface area (Å²) in [4.78, 5) is 11.7. The highest BCUT2D eigenvalue weighted by molar-refractivity contribution is 5.91. The molecule has 98 valence electrons. The second kappa shape index (κ2) is 3.01. The predicted octanol–water partition coefficient (Wildman–Crippen LogP) is 2.60. The number of carbonyl (C=O) groups excluding carboxylic acids is 1. The zero-order valence-electron chi connectivity index (χ0n) is 11.3. The van der Waals surface area contributed by atoms with E-state index in [9.17, 15) is 4.79 Å². The zero-order chi connectivity index (χ0) is 12.7. The first-order valence-electron chi connectivity index (χ1n) is 7.06. The molecule has 2 aliphatic carbocycles. The summed E-state index contributed by atoms with van der Waals surface area (Å²) in [7, 11) is 0. The Balaban J connectivity index is 1.79. The number of esters is 1. The minimum absolute atomic E-state index is 0.000810. The first-order valence-corrected chi connectivity index (χ1v) is 7.06.